The van der Waals surface area contributed by atoms with E-state index in [0.717, 1.165) is 22.9 Å². The highest BCUT2D eigenvalue weighted by molar-refractivity contribution is 9.10. The average Bonchev–Trinajstić information content (AvgIpc) is 3.18. The second-order valence-corrected chi connectivity index (χ2v) is 7.93. The number of carbonyl (C=O) groups excluding carboxylic acids is 2. The average molecular weight is 450 g/mol. The fourth-order valence-corrected chi connectivity index (χ4v) is 4.23. The number of carbonyl (C=O) groups is 2. The van der Waals surface area contributed by atoms with Gasteiger partial charge in [-0.25, -0.2) is 4.79 Å². The summed E-state index contributed by atoms with van der Waals surface area (Å²) in [4.78, 5) is 30.1. The van der Waals surface area contributed by atoms with Gasteiger partial charge in [0.25, 0.3) is 0 Å². The van der Waals surface area contributed by atoms with Crippen LogP contribution in [0.15, 0.2) is 45.0 Å². The molecule has 6 nitrogen and oxygen atoms in total. The summed E-state index contributed by atoms with van der Waals surface area (Å²) in [7, 11) is 1.34. The Morgan fingerprint density at radius 3 is 2.75 bits per heavy atom. The maximum absolute atomic E-state index is 13.0. The van der Waals surface area contributed by atoms with Crippen LogP contribution in [0.2, 0.25) is 0 Å². The first-order chi connectivity index (χ1) is 13.4. The molecule has 0 aliphatic carbocycles. The molecule has 1 unspecified atom stereocenters. The quantitative estimate of drug-likeness (QED) is 0.639. The van der Waals surface area contributed by atoms with Crippen LogP contribution in [-0.2, 0) is 23.8 Å². The molecule has 3 rings (SSSR count). The summed E-state index contributed by atoms with van der Waals surface area (Å²) in [6, 6.07) is 7.57. The second-order valence-electron chi connectivity index (χ2n) is 7.02. The summed E-state index contributed by atoms with van der Waals surface area (Å²) in [5.74, 6) is -2.11. The normalized spacial score (nSPS) is 24.7. The first-order valence-electron chi connectivity index (χ1n) is 9.30. The Labute approximate surface area is 173 Å². The highest BCUT2D eigenvalue weighted by Crippen LogP contribution is 2.40. The molecule has 1 aromatic rings. The van der Waals surface area contributed by atoms with Crippen LogP contribution in [0.1, 0.15) is 38.2 Å². The van der Waals surface area contributed by atoms with E-state index in [-0.39, 0.29) is 12.7 Å². The minimum atomic E-state index is -0.687. The molecule has 1 aromatic carbocycles. The molecule has 3 atom stereocenters. The lowest BCUT2D eigenvalue weighted by molar-refractivity contribution is -0.144. The number of nitrogens with zero attached hydrogens (tertiary/aromatic N) is 1. The number of benzene rings is 1. The zero-order valence-corrected chi connectivity index (χ0v) is 17.8. The molecular formula is C21H24BrNO5. The summed E-state index contributed by atoms with van der Waals surface area (Å²) in [6.07, 6.45) is 1.78. The van der Waals surface area contributed by atoms with Crippen molar-refractivity contribution in [3.63, 3.8) is 0 Å². The van der Waals surface area contributed by atoms with Crippen LogP contribution >= 0.6 is 15.9 Å². The van der Waals surface area contributed by atoms with E-state index in [2.05, 4.69) is 20.9 Å². The molecule has 1 saturated heterocycles. The van der Waals surface area contributed by atoms with E-state index in [1.54, 1.807) is 13.8 Å². The van der Waals surface area contributed by atoms with Crippen LogP contribution in [0.25, 0.3) is 0 Å². The monoisotopic (exact) mass is 449 g/mol. The third-order valence-corrected chi connectivity index (χ3v) is 5.63. The van der Waals surface area contributed by atoms with Gasteiger partial charge in [0.1, 0.15) is 12.5 Å². The summed E-state index contributed by atoms with van der Waals surface area (Å²) in [5, 5.41) is 0. The highest BCUT2D eigenvalue weighted by atomic mass is 79.9. The molecule has 150 valence electrons. The molecule has 1 fully saturated rings. The van der Waals surface area contributed by atoms with E-state index in [9.17, 15) is 9.59 Å². The van der Waals surface area contributed by atoms with Crippen molar-refractivity contribution in [1.29, 1.82) is 0 Å². The van der Waals surface area contributed by atoms with E-state index in [0.29, 0.717) is 23.6 Å². The lowest BCUT2D eigenvalue weighted by Gasteiger charge is -2.31. The molecule has 7 heteroatoms. The predicted octanol–water partition coefficient (Wildman–Crippen LogP) is 3.79. The van der Waals surface area contributed by atoms with Gasteiger partial charge in [-0.1, -0.05) is 28.1 Å². The van der Waals surface area contributed by atoms with Crippen molar-refractivity contribution in [2.45, 2.75) is 38.7 Å². The summed E-state index contributed by atoms with van der Waals surface area (Å²) in [6.45, 7) is 4.44. The molecule has 2 heterocycles. The van der Waals surface area contributed by atoms with E-state index in [4.69, 9.17) is 14.2 Å². The number of rotatable bonds is 5. The molecule has 0 amide bonds. The Hall–Kier alpha value is -1.99. The number of halogens is 1. The first-order valence-corrected chi connectivity index (χ1v) is 10.1. The Morgan fingerprint density at radius 1 is 1.32 bits per heavy atom. The Balaban J connectivity index is 1.98. The number of aliphatic imine (C=N–C) groups is 1. The van der Waals surface area contributed by atoms with Crippen molar-refractivity contribution in [2.24, 2.45) is 10.9 Å². The Kier molecular flexibility index (Phi) is 6.67. The number of esters is 2. The molecule has 2 aliphatic heterocycles. The van der Waals surface area contributed by atoms with Gasteiger partial charge in [0.2, 0.25) is 0 Å². The van der Waals surface area contributed by atoms with Gasteiger partial charge in [-0.15, -0.1) is 0 Å². The Morgan fingerprint density at radius 2 is 2.11 bits per heavy atom. The molecule has 0 bridgehead atoms. The minimum absolute atomic E-state index is 0.0700. The first kappa shape index (κ1) is 20.7. The van der Waals surface area contributed by atoms with E-state index < -0.39 is 23.8 Å². The van der Waals surface area contributed by atoms with Gasteiger partial charge in [-0.3, -0.25) is 9.79 Å². The molecule has 28 heavy (non-hydrogen) atoms. The van der Waals surface area contributed by atoms with Crippen molar-refractivity contribution in [3.8, 4) is 0 Å². The van der Waals surface area contributed by atoms with E-state index >= 15 is 0 Å². The molecule has 0 saturated carbocycles. The van der Waals surface area contributed by atoms with E-state index in [1.165, 1.54) is 7.11 Å². The van der Waals surface area contributed by atoms with Crippen molar-refractivity contribution >= 4 is 33.6 Å². The van der Waals surface area contributed by atoms with Crippen LogP contribution < -0.4 is 0 Å². The molecule has 0 N–H and O–H groups in total. The van der Waals surface area contributed by atoms with Gasteiger partial charge in [0.15, 0.2) is 0 Å². The number of hydrogen-bond acceptors (Lipinski definition) is 6. The number of methoxy groups -OCH3 is 1. The maximum Gasteiger partial charge on any atom is 0.336 e. The number of allylic oxidation sites excluding steroid dienone is 1. The summed E-state index contributed by atoms with van der Waals surface area (Å²) in [5.41, 5.74) is 2.38. The minimum Gasteiger partial charge on any atom is -0.468 e. The zero-order chi connectivity index (χ0) is 20.3. The van der Waals surface area contributed by atoms with Crippen LogP contribution in [-0.4, -0.2) is 44.1 Å². The van der Waals surface area contributed by atoms with Gasteiger partial charge in [-0.2, -0.15) is 0 Å². The molecule has 0 radical (unpaired) electrons. The van der Waals surface area contributed by atoms with Gasteiger partial charge in [0.05, 0.1) is 18.8 Å². The topological polar surface area (TPSA) is 74.2 Å². The summed E-state index contributed by atoms with van der Waals surface area (Å²) >= 11 is 3.47. The third-order valence-electron chi connectivity index (χ3n) is 5.14. The molecule has 0 aromatic heterocycles. The van der Waals surface area contributed by atoms with Crippen LogP contribution in [0.5, 0.6) is 0 Å². The lowest BCUT2D eigenvalue weighted by atomic mass is 9.75. The fraction of sp³-hybridized carbons (Fsp3) is 0.476. The van der Waals surface area contributed by atoms with Crippen molar-refractivity contribution < 1.29 is 23.8 Å². The lowest BCUT2D eigenvalue weighted by Crippen LogP contribution is -2.36. The third kappa shape index (κ3) is 4.36. The largest absolute Gasteiger partial charge is 0.468 e. The predicted molar refractivity (Wildman–Crippen MR) is 108 cm³/mol. The molecular weight excluding hydrogens is 426 g/mol. The van der Waals surface area contributed by atoms with Crippen LogP contribution in [0, 0.1) is 5.92 Å². The van der Waals surface area contributed by atoms with Crippen molar-refractivity contribution in [2.75, 3.05) is 20.3 Å². The smallest absolute Gasteiger partial charge is 0.336 e. The standard InChI is InChI=1S/C21H24BrNO5/c1-12-17(20(24)26-3)19(14-6-4-7-15(22)10-14)18(13(2)23-12)21(25)28-11-16-8-5-9-27-16/h4,6-7,10,16-17,19H,5,8-9,11H2,1-3H3/t16-,17?,19-/m0/s1. The van der Waals surface area contributed by atoms with Gasteiger partial charge >= 0.3 is 11.9 Å². The van der Waals surface area contributed by atoms with Crippen LogP contribution in [0.3, 0.4) is 0 Å². The van der Waals surface area contributed by atoms with Crippen LogP contribution in [0.4, 0.5) is 0 Å². The zero-order valence-electron chi connectivity index (χ0n) is 16.2. The maximum atomic E-state index is 13.0. The SMILES string of the molecule is COC(=O)C1C(C)=NC(C)=C(C(=O)OC[C@@H]2CCCO2)[C@H]1c1cccc(Br)c1. The fourth-order valence-electron chi connectivity index (χ4n) is 3.82. The van der Waals surface area contributed by atoms with Gasteiger partial charge in [0, 0.05) is 28.4 Å². The summed E-state index contributed by atoms with van der Waals surface area (Å²) < 4.78 is 17.0. The number of hydrogen-bond donors (Lipinski definition) is 0. The van der Waals surface area contributed by atoms with Gasteiger partial charge < -0.3 is 14.2 Å². The Bertz CT molecular complexity index is 826. The van der Waals surface area contributed by atoms with Gasteiger partial charge in [-0.05, 0) is 44.4 Å². The van der Waals surface area contributed by atoms with Crippen molar-refractivity contribution in [3.05, 3.63) is 45.6 Å². The second kappa shape index (κ2) is 9.01. The number of ether oxygens (including phenoxy) is 3. The molecule has 2 aliphatic rings. The van der Waals surface area contributed by atoms with Crippen molar-refractivity contribution in [1.82, 2.24) is 0 Å². The van der Waals surface area contributed by atoms with E-state index in [1.807, 2.05) is 24.3 Å². The molecule has 0 spiro atoms. The highest BCUT2D eigenvalue weighted by Gasteiger charge is 2.42.